The molecule has 2 aromatic rings. The van der Waals surface area contributed by atoms with Crippen LogP contribution in [0.1, 0.15) is 13.8 Å². The summed E-state index contributed by atoms with van der Waals surface area (Å²) < 4.78 is 64.5. The maximum atomic E-state index is 6.84. The second-order valence-electron chi connectivity index (χ2n) is 10.1. The summed E-state index contributed by atoms with van der Waals surface area (Å²) in [6.45, 7) is 11.6. The van der Waals surface area contributed by atoms with Gasteiger partial charge in [0.05, 0.1) is 0 Å². The Bertz CT molecular complexity index is 1070. The molecule has 2 heterocycles. The first kappa shape index (κ1) is 31.3. The molecule has 0 radical (unpaired) electrons. The summed E-state index contributed by atoms with van der Waals surface area (Å²) in [5.74, 6) is 0. The third-order valence-corrected chi connectivity index (χ3v) is 27.2. The van der Waals surface area contributed by atoms with Crippen molar-refractivity contribution in [2.24, 2.45) is 0 Å². The van der Waals surface area contributed by atoms with E-state index in [9.17, 15) is 0 Å². The largest absolute Gasteiger partial charge is 0.665 e. The lowest BCUT2D eigenvalue weighted by atomic mass is 10.4. The molecule has 2 fully saturated rings. The third kappa shape index (κ3) is 7.41. The zero-order valence-corrected chi connectivity index (χ0v) is 29.9. The minimum absolute atomic E-state index is 0.178. The summed E-state index contributed by atoms with van der Waals surface area (Å²) >= 11 is 0. The van der Waals surface area contributed by atoms with Crippen LogP contribution >= 0.6 is 0 Å². The Morgan fingerprint density at radius 2 is 1.08 bits per heavy atom. The fourth-order valence-electron chi connectivity index (χ4n) is 4.48. The van der Waals surface area contributed by atoms with E-state index in [1.54, 1.807) is 7.11 Å². The molecule has 0 aliphatic carbocycles. The summed E-state index contributed by atoms with van der Waals surface area (Å²) in [5.41, 5.74) is 0. The van der Waals surface area contributed by atoms with Crippen molar-refractivity contribution < 1.29 is 42.7 Å². The van der Waals surface area contributed by atoms with Gasteiger partial charge in [-0.25, -0.2) is 0 Å². The molecule has 4 rings (SSSR count). The maximum absolute atomic E-state index is 6.84. The summed E-state index contributed by atoms with van der Waals surface area (Å²) in [5, 5.41) is 1.70. The molecule has 3 atom stereocenters. The van der Waals surface area contributed by atoms with Gasteiger partial charge in [-0.2, -0.15) is 0 Å². The van der Waals surface area contributed by atoms with Crippen LogP contribution in [0.5, 0.6) is 0 Å². The predicted molar refractivity (Wildman–Crippen MR) is 159 cm³/mol. The van der Waals surface area contributed by atoms with Crippen LogP contribution in [0.3, 0.4) is 0 Å². The highest BCUT2D eigenvalue weighted by molar-refractivity contribution is 6.91. The number of hydrogen-bond donors (Lipinski definition) is 0. The lowest BCUT2D eigenvalue weighted by molar-refractivity contribution is -0.0872. The van der Waals surface area contributed by atoms with Crippen LogP contribution < -0.4 is 10.4 Å². The minimum Gasteiger partial charge on any atom is -0.415 e. The molecule has 0 N–H and O–H groups in total. The van der Waals surface area contributed by atoms with Crippen molar-refractivity contribution in [3.63, 3.8) is 0 Å². The molecule has 1 spiro atoms. The lowest BCUT2D eigenvalue weighted by Crippen LogP contribution is -2.73. The van der Waals surface area contributed by atoms with E-state index in [0.29, 0.717) is 0 Å². The molecule has 2 aromatic carbocycles. The van der Waals surface area contributed by atoms with Crippen LogP contribution in [0, 0.1) is 0 Å². The van der Waals surface area contributed by atoms with Gasteiger partial charge in [-0.3, -0.25) is 0 Å². The first-order valence-corrected chi connectivity index (χ1v) is 26.0. The van der Waals surface area contributed by atoms with Crippen LogP contribution in [0.15, 0.2) is 60.7 Å². The third-order valence-electron chi connectivity index (χ3n) is 6.23. The van der Waals surface area contributed by atoms with Gasteiger partial charge in [-0.15, -0.1) is 0 Å². The molecule has 2 saturated heterocycles. The van der Waals surface area contributed by atoms with Crippen LogP contribution in [0.2, 0.25) is 38.3 Å². The topological polar surface area (TPSA) is 92.3 Å². The van der Waals surface area contributed by atoms with Crippen molar-refractivity contribution in [1.29, 1.82) is 0 Å². The van der Waals surface area contributed by atoms with Crippen molar-refractivity contribution in [1.82, 2.24) is 0 Å². The zero-order valence-electron chi connectivity index (χ0n) is 23.8. The summed E-state index contributed by atoms with van der Waals surface area (Å²) in [7, 11) is -16.6. The van der Waals surface area contributed by atoms with E-state index in [0.717, 1.165) is 22.5 Å². The smallest absolute Gasteiger partial charge is 0.415 e. The molecule has 39 heavy (non-hydrogen) atoms. The van der Waals surface area contributed by atoms with Crippen LogP contribution in [0.4, 0.5) is 0 Å². The monoisotopic (exact) mass is 644 g/mol. The fraction of sp³-hybridized carbons (Fsp3) is 0.478. The quantitative estimate of drug-likeness (QED) is 0.419. The first-order valence-electron chi connectivity index (χ1n) is 13.2. The van der Waals surface area contributed by atoms with Gasteiger partial charge in [0, 0.05) is 17.5 Å². The van der Waals surface area contributed by atoms with Crippen molar-refractivity contribution in [2.75, 3.05) is 20.7 Å². The molecule has 3 unspecified atom stereocenters. The molecule has 0 amide bonds. The SMILES string of the molecule is CC[SiH](CC)O[Si]1(c2ccccc2)OCO[Si]2(OCO[Si](OC)(c3ccccc3)O[Si](C)(C)O2)O[Si](C)(C)O1. The Hall–Kier alpha value is -0.659. The van der Waals surface area contributed by atoms with Gasteiger partial charge >= 0.3 is 43.8 Å². The molecule has 2 aliphatic heterocycles. The second-order valence-corrected chi connectivity index (χ2v) is 28.8. The number of benzene rings is 2. The Morgan fingerprint density at radius 1 is 0.641 bits per heavy atom. The Labute approximate surface area is 238 Å². The van der Waals surface area contributed by atoms with E-state index in [1.807, 2.05) is 86.9 Å². The van der Waals surface area contributed by atoms with Gasteiger partial charge in [-0.05, 0) is 38.3 Å². The number of hydrogen-bond acceptors (Lipinski definition) is 10. The van der Waals surface area contributed by atoms with Gasteiger partial charge in [0.15, 0.2) is 9.04 Å². The molecule has 10 nitrogen and oxygen atoms in total. The molecule has 16 heteroatoms. The van der Waals surface area contributed by atoms with Gasteiger partial charge in [-0.1, -0.05) is 74.5 Å². The van der Waals surface area contributed by atoms with Crippen LogP contribution in [-0.4, -0.2) is 73.5 Å². The number of rotatable bonds is 7. The lowest BCUT2D eigenvalue weighted by Gasteiger charge is -2.47. The van der Waals surface area contributed by atoms with Gasteiger partial charge in [0.25, 0.3) is 0 Å². The molecule has 0 aromatic heterocycles. The molecular weight excluding hydrogens is 605 g/mol. The summed E-state index contributed by atoms with van der Waals surface area (Å²) in [4.78, 5) is 0. The molecule has 2 aliphatic rings. The Kier molecular flexibility index (Phi) is 10.2. The van der Waals surface area contributed by atoms with E-state index >= 15 is 0 Å². The second kappa shape index (κ2) is 12.7. The average Bonchev–Trinajstić information content (AvgIpc) is 2.89. The van der Waals surface area contributed by atoms with Crippen LogP contribution in [-0.2, 0) is 42.7 Å². The van der Waals surface area contributed by atoms with Crippen molar-refractivity contribution >= 4 is 63.2 Å². The van der Waals surface area contributed by atoms with Crippen molar-refractivity contribution in [3.05, 3.63) is 60.7 Å². The highest BCUT2D eigenvalue weighted by atomic mass is 28.5. The predicted octanol–water partition coefficient (Wildman–Crippen LogP) is 3.02. The van der Waals surface area contributed by atoms with Crippen molar-refractivity contribution in [3.8, 4) is 0 Å². The van der Waals surface area contributed by atoms with Gasteiger partial charge < -0.3 is 42.7 Å². The molecule has 0 saturated carbocycles. The zero-order chi connectivity index (χ0) is 28.2. The van der Waals surface area contributed by atoms with Crippen molar-refractivity contribution in [2.45, 2.75) is 52.1 Å². The maximum Gasteiger partial charge on any atom is 0.665 e. The van der Waals surface area contributed by atoms with E-state index in [4.69, 9.17) is 42.7 Å². The van der Waals surface area contributed by atoms with E-state index in [-0.39, 0.29) is 13.6 Å². The highest BCUT2D eigenvalue weighted by Gasteiger charge is 2.64. The van der Waals surface area contributed by atoms with E-state index < -0.39 is 52.8 Å². The Morgan fingerprint density at radius 3 is 1.54 bits per heavy atom. The fourth-order valence-corrected chi connectivity index (χ4v) is 26.9. The van der Waals surface area contributed by atoms with E-state index in [2.05, 4.69) is 13.8 Å². The first-order chi connectivity index (χ1) is 18.5. The standard InChI is InChI=1S/C23H40O10Si6/c1-8-34(9-2)29-38(23-18-14-11-15-19-23)26-21-28-39(33-36(6,7)31-38)27-20-25-37(24-3,30-35(4,5)32-39)22-16-12-10-13-17-22/h10-19,34H,8-9,20-21H2,1-7H3. The Balaban J connectivity index is 1.62. The molecule has 0 bridgehead atoms. The average molecular weight is 645 g/mol. The molecular formula is C23H40O10Si6. The highest BCUT2D eigenvalue weighted by Crippen LogP contribution is 2.33. The van der Waals surface area contributed by atoms with E-state index in [1.165, 1.54) is 0 Å². The van der Waals surface area contributed by atoms with Crippen LogP contribution in [0.25, 0.3) is 0 Å². The summed E-state index contributed by atoms with van der Waals surface area (Å²) in [6.07, 6.45) is 0. The minimum atomic E-state index is -3.83. The summed E-state index contributed by atoms with van der Waals surface area (Å²) in [6, 6.07) is 21.4. The van der Waals surface area contributed by atoms with Gasteiger partial charge in [0.2, 0.25) is 0 Å². The van der Waals surface area contributed by atoms with Gasteiger partial charge in [0.1, 0.15) is 13.6 Å². The normalized spacial score (nSPS) is 31.3. The molecule has 216 valence electrons.